The van der Waals surface area contributed by atoms with Crippen molar-refractivity contribution in [2.45, 2.75) is 20.3 Å². The second-order valence-electron chi connectivity index (χ2n) is 6.81. The predicted octanol–water partition coefficient (Wildman–Crippen LogP) is 2.82. The van der Waals surface area contributed by atoms with Crippen molar-refractivity contribution in [3.05, 3.63) is 57.9 Å². The van der Waals surface area contributed by atoms with Crippen LogP contribution in [0.3, 0.4) is 0 Å². The van der Waals surface area contributed by atoms with Gasteiger partial charge in [-0.25, -0.2) is 0 Å². The van der Waals surface area contributed by atoms with Crippen molar-refractivity contribution in [2.75, 3.05) is 26.2 Å². The number of halogens is 1. The Labute approximate surface area is 159 Å². The van der Waals surface area contributed by atoms with E-state index in [1.54, 1.807) is 29.2 Å². The number of hydrogen-bond donors (Lipinski definition) is 0. The molecule has 1 aromatic heterocycles. The summed E-state index contributed by atoms with van der Waals surface area (Å²) in [4.78, 5) is 28.8. The highest BCUT2D eigenvalue weighted by Crippen LogP contribution is 2.16. The van der Waals surface area contributed by atoms with Crippen molar-refractivity contribution in [1.29, 1.82) is 0 Å². The van der Waals surface area contributed by atoms with Gasteiger partial charge in [0, 0.05) is 55.2 Å². The molecule has 3 rings (SSSR count). The molecule has 2 aromatic rings. The van der Waals surface area contributed by atoms with Crippen LogP contribution in [-0.4, -0.2) is 52.4 Å². The molecule has 2 heterocycles. The molecule has 138 valence electrons. The highest BCUT2D eigenvalue weighted by atomic mass is 35.5. The Bertz CT molecular complexity index is 818. The van der Waals surface area contributed by atoms with E-state index in [-0.39, 0.29) is 11.8 Å². The topological polar surface area (TPSA) is 45.6 Å². The maximum absolute atomic E-state index is 12.6. The molecule has 0 bridgehead atoms. The average Bonchev–Trinajstić information content (AvgIpc) is 2.88. The Balaban J connectivity index is 1.57. The van der Waals surface area contributed by atoms with Crippen molar-refractivity contribution in [3.8, 4) is 0 Å². The molecule has 1 aliphatic rings. The van der Waals surface area contributed by atoms with Gasteiger partial charge in [0.15, 0.2) is 0 Å². The van der Waals surface area contributed by atoms with Crippen LogP contribution in [0.25, 0.3) is 0 Å². The van der Waals surface area contributed by atoms with Crippen LogP contribution in [0.4, 0.5) is 0 Å². The second-order valence-corrected chi connectivity index (χ2v) is 7.25. The van der Waals surface area contributed by atoms with Crippen LogP contribution in [0.15, 0.2) is 30.3 Å². The first-order chi connectivity index (χ1) is 12.4. The number of amides is 2. The van der Waals surface area contributed by atoms with Gasteiger partial charge in [0.2, 0.25) is 5.91 Å². The molecule has 0 spiro atoms. The lowest BCUT2D eigenvalue weighted by atomic mass is 10.1. The van der Waals surface area contributed by atoms with E-state index in [9.17, 15) is 9.59 Å². The third-order valence-electron chi connectivity index (χ3n) is 5.23. The van der Waals surface area contributed by atoms with Crippen LogP contribution < -0.4 is 0 Å². The summed E-state index contributed by atoms with van der Waals surface area (Å²) < 4.78 is 2.10. The summed E-state index contributed by atoms with van der Waals surface area (Å²) >= 11 is 5.87. The minimum Gasteiger partial charge on any atom is -0.352 e. The summed E-state index contributed by atoms with van der Waals surface area (Å²) in [5.74, 6) is 0.112. The molecule has 2 amide bonds. The SMILES string of the molecule is Cc1cc(CC(=O)N2CCN(C(=O)c3ccc(Cl)cc3)CC2)c(C)n1C. The molecule has 1 aliphatic heterocycles. The summed E-state index contributed by atoms with van der Waals surface area (Å²) in [7, 11) is 2.01. The van der Waals surface area contributed by atoms with Gasteiger partial charge in [0.05, 0.1) is 6.42 Å². The van der Waals surface area contributed by atoms with Gasteiger partial charge in [-0.15, -0.1) is 0 Å². The Morgan fingerprint density at radius 2 is 1.58 bits per heavy atom. The van der Waals surface area contributed by atoms with E-state index < -0.39 is 0 Å². The number of benzene rings is 1. The first kappa shape index (κ1) is 18.5. The van der Waals surface area contributed by atoms with Crippen LogP contribution in [0.1, 0.15) is 27.3 Å². The molecule has 6 heteroatoms. The average molecular weight is 374 g/mol. The van der Waals surface area contributed by atoms with Gasteiger partial charge in [-0.2, -0.15) is 0 Å². The lowest BCUT2D eigenvalue weighted by molar-refractivity contribution is -0.131. The quantitative estimate of drug-likeness (QED) is 0.830. The summed E-state index contributed by atoms with van der Waals surface area (Å²) in [6.45, 7) is 6.34. The number of rotatable bonds is 3. The van der Waals surface area contributed by atoms with Gasteiger partial charge in [-0.05, 0) is 49.7 Å². The molecule has 0 N–H and O–H groups in total. The summed E-state index contributed by atoms with van der Waals surface area (Å²) in [6, 6.07) is 9.00. The largest absolute Gasteiger partial charge is 0.352 e. The summed E-state index contributed by atoms with van der Waals surface area (Å²) in [5, 5.41) is 0.614. The van der Waals surface area contributed by atoms with Crippen LogP contribution in [0.2, 0.25) is 5.02 Å². The molecule has 0 saturated carbocycles. The second kappa shape index (κ2) is 7.54. The molecule has 1 saturated heterocycles. The zero-order chi connectivity index (χ0) is 18.8. The first-order valence-electron chi connectivity index (χ1n) is 8.81. The highest BCUT2D eigenvalue weighted by molar-refractivity contribution is 6.30. The van der Waals surface area contributed by atoms with Crippen molar-refractivity contribution < 1.29 is 9.59 Å². The summed E-state index contributed by atoms with van der Waals surface area (Å²) in [6.07, 6.45) is 0.415. The van der Waals surface area contributed by atoms with Crippen LogP contribution in [0, 0.1) is 13.8 Å². The van der Waals surface area contributed by atoms with E-state index in [0.29, 0.717) is 43.2 Å². The Morgan fingerprint density at radius 3 is 2.12 bits per heavy atom. The van der Waals surface area contributed by atoms with Crippen LogP contribution in [-0.2, 0) is 18.3 Å². The number of aromatic nitrogens is 1. The van der Waals surface area contributed by atoms with E-state index >= 15 is 0 Å². The molecule has 26 heavy (non-hydrogen) atoms. The number of hydrogen-bond acceptors (Lipinski definition) is 2. The van der Waals surface area contributed by atoms with E-state index in [1.807, 2.05) is 25.8 Å². The third kappa shape index (κ3) is 3.78. The Morgan fingerprint density at radius 1 is 1.00 bits per heavy atom. The Hall–Kier alpha value is -2.27. The standard InChI is InChI=1S/C20H24ClN3O2/c1-14-12-17(15(2)22(14)3)13-19(25)23-8-10-24(11-9-23)20(26)16-4-6-18(21)7-5-16/h4-7,12H,8-11,13H2,1-3H3. The summed E-state index contributed by atoms with van der Waals surface area (Å²) in [5.41, 5.74) is 4.00. The number of aryl methyl sites for hydroxylation is 1. The minimum atomic E-state index is -0.0108. The lowest BCUT2D eigenvalue weighted by Gasteiger charge is -2.35. The van der Waals surface area contributed by atoms with Crippen molar-refractivity contribution in [2.24, 2.45) is 7.05 Å². The molecule has 0 atom stereocenters. The molecular formula is C20H24ClN3O2. The number of carbonyl (C=O) groups is 2. The van der Waals surface area contributed by atoms with Crippen LogP contribution >= 0.6 is 11.6 Å². The maximum Gasteiger partial charge on any atom is 0.253 e. The van der Waals surface area contributed by atoms with E-state index in [1.165, 1.54) is 0 Å². The van der Waals surface area contributed by atoms with Crippen LogP contribution in [0.5, 0.6) is 0 Å². The van der Waals surface area contributed by atoms with E-state index in [4.69, 9.17) is 11.6 Å². The Kier molecular flexibility index (Phi) is 5.37. The number of carbonyl (C=O) groups excluding carboxylic acids is 2. The fourth-order valence-electron chi connectivity index (χ4n) is 3.32. The predicted molar refractivity (Wildman–Crippen MR) is 103 cm³/mol. The van der Waals surface area contributed by atoms with Crippen molar-refractivity contribution >= 4 is 23.4 Å². The van der Waals surface area contributed by atoms with Gasteiger partial charge >= 0.3 is 0 Å². The zero-order valence-electron chi connectivity index (χ0n) is 15.5. The van der Waals surface area contributed by atoms with Gasteiger partial charge in [0.25, 0.3) is 5.91 Å². The monoisotopic (exact) mass is 373 g/mol. The van der Waals surface area contributed by atoms with Crippen molar-refractivity contribution in [1.82, 2.24) is 14.4 Å². The van der Waals surface area contributed by atoms with Crippen molar-refractivity contribution in [3.63, 3.8) is 0 Å². The molecule has 5 nitrogen and oxygen atoms in total. The number of nitrogens with zero attached hydrogens (tertiary/aromatic N) is 3. The minimum absolute atomic E-state index is 0.0108. The third-order valence-corrected chi connectivity index (χ3v) is 5.48. The zero-order valence-corrected chi connectivity index (χ0v) is 16.2. The molecular weight excluding hydrogens is 350 g/mol. The van der Waals surface area contributed by atoms with E-state index in [0.717, 1.165) is 17.0 Å². The fourth-order valence-corrected chi connectivity index (χ4v) is 3.45. The highest BCUT2D eigenvalue weighted by Gasteiger charge is 2.25. The van der Waals surface area contributed by atoms with Gasteiger partial charge < -0.3 is 14.4 Å². The van der Waals surface area contributed by atoms with Gasteiger partial charge in [-0.3, -0.25) is 9.59 Å². The molecule has 0 aliphatic carbocycles. The molecule has 1 aromatic carbocycles. The first-order valence-corrected chi connectivity index (χ1v) is 9.19. The van der Waals surface area contributed by atoms with Gasteiger partial charge in [-0.1, -0.05) is 11.6 Å². The smallest absolute Gasteiger partial charge is 0.253 e. The molecule has 0 unspecified atom stereocenters. The normalized spacial score (nSPS) is 14.6. The molecule has 1 fully saturated rings. The number of piperazine rings is 1. The van der Waals surface area contributed by atoms with E-state index in [2.05, 4.69) is 10.6 Å². The van der Waals surface area contributed by atoms with Gasteiger partial charge in [0.1, 0.15) is 0 Å². The fraction of sp³-hybridized carbons (Fsp3) is 0.400. The maximum atomic E-state index is 12.6. The molecule has 0 radical (unpaired) electrons. The lowest BCUT2D eigenvalue weighted by Crippen LogP contribution is -2.51.